The molecule has 0 bridgehead atoms. The number of ether oxygens (including phenoxy) is 2. The lowest BCUT2D eigenvalue weighted by Crippen LogP contribution is -2.16. The van der Waals surface area contributed by atoms with Crippen molar-refractivity contribution in [1.82, 2.24) is 4.98 Å². The lowest BCUT2D eigenvalue weighted by molar-refractivity contribution is 0.415. The third-order valence-corrected chi connectivity index (χ3v) is 7.57. The third kappa shape index (κ3) is 3.97. The van der Waals surface area contributed by atoms with E-state index in [0.717, 1.165) is 67.6 Å². The van der Waals surface area contributed by atoms with Crippen molar-refractivity contribution in [2.24, 2.45) is 0 Å². The van der Waals surface area contributed by atoms with Crippen LogP contribution in [-0.4, -0.2) is 12.1 Å². The van der Waals surface area contributed by atoms with E-state index in [9.17, 15) is 0 Å². The first-order valence-corrected chi connectivity index (χ1v) is 13.4. The Hall–Kier alpha value is -5.09. The van der Waals surface area contributed by atoms with E-state index in [1.54, 1.807) is 7.11 Å². The molecule has 0 saturated carbocycles. The van der Waals surface area contributed by atoms with Crippen LogP contribution in [0.1, 0.15) is 11.1 Å². The maximum Gasteiger partial charge on any atom is 0.151 e. The molecule has 4 nitrogen and oxygen atoms in total. The molecule has 0 radical (unpaired) electrons. The fourth-order valence-electron chi connectivity index (χ4n) is 5.51. The molecule has 0 spiro atoms. The summed E-state index contributed by atoms with van der Waals surface area (Å²) in [5, 5.41) is 1.12. The van der Waals surface area contributed by atoms with Crippen LogP contribution in [0.2, 0.25) is 0 Å². The summed E-state index contributed by atoms with van der Waals surface area (Å²) in [4.78, 5) is 7.65. The summed E-state index contributed by atoms with van der Waals surface area (Å²) in [5.41, 5.74) is 10.6. The largest absolute Gasteiger partial charge is 0.497 e. The van der Waals surface area contributed by atoms with Crippen molar-refractivity contribution in [3.63, 3.8) is 0 Å². The van der Waals surface area contributed by atoms with Gasteiger partial charge in [0.2, 0.25) is 0 Å². The second kappa shape index (κ2) is 9.58. The zero-order valence-electron chi connectivity index (χ0n) is 22.7. The fourth-order valence-corrected chi connectivity index (χ4v) is 5.51. The fraction of sp³-hybridized carbons (Fsp3) is 0.0833. The van der Waals surface area contributed by atoms with Gasteiger partial charge >= 0.3 is 0 Å². The van der Waals surface area contributed by atoms with Crippen LogP contribution in [0.25, 0.3) is 33.3 Å². The minimum absolute atomic E-state index is 0.819. The summed E-state index contributed by atoms with van der Waals surface area (Å²) in [6.45, 7) is 4.27. The molecular formula is C36H28N2O2. The van der Waals surface area contributed by atoms with Crippen molar-refractivity contribution in [3.8, 4) is 39.6 Å². The van der Waals surface area contributed by atoms with Gasteiger partial charge in [0.15, 0.2) is 11.5 Å². The molecule has 1 aliphatic heterocycles. The van der Waals surface area contributed by atoms with Crippen molar-refractivity contribution in [2.45, 2.75) is 13.8 Å². The number of methoxy groups -OCH3 is 1. The number of pyridine rings is 1. The Morgan fingerprint density at radius 1 is 0.650 bits per heavy atom. The zero-order chi connectivity index (χ0) is 27.2. The van der Waals surface area contributed by atoms with Crippen LogP contribution in [0.5, 0.6) is 17.2 Å². The van der Waals surface area contributed by atoms with Gasteiger partial charge in [0.25, 0.3) is 0 Å². The Labute approximate surface area is 234 Å². The minimum atomic E-state index is 0.819. The van der Waals surface area contributed by atoms with Crippen LogP contribution in [0.3, 0.4) is 0 Å². The van der Waals surface area contributed by atoms with Gasteiger partial charge in [-0.25, -0.2) is 4.98 Å². The molecular weight excluding hydrogens is 492 g/mol. The van der Waals surface area contributed by atoms with Gasteiger partial charge in [-0.05, 0) is 79.1 Å². The number of nitrogens with zero attached hydrogens (tertiary/aromatic N) is 2. The Morgan fingerprint density at radius 3 is 1.93 bits per heavy atom. The van der Waals surface area contributed by atoms with Gasteiger partial charge in [-0.2, -0.15) is 0 Å². The first-order valence-electron chi connectivity index (χ1n) is 13.4. The quantitative estimate of drug-likeness (QED) is 0.231. The highest BCUT2D eigenvalue weighted by Crippen LogP contribution is 2.52. The van der Waals surface area contributed by atoms with Crippen molar-refractivity contribution >= 4 is 28.0 Å². The number of rotatable bonds is 4. The Balaban J connectivity index is 1.56. The van der Waals surface area contributed by atoms with Crippen molar-refractivity contribution in [1.29, 1.82) is 0 Å². The molecule has 2 heterocycles. The van der Waals surface area contributed by atoms with Gasteiger partial charge in [0.1, 0.15) is 5.75 Å². The maximum atomic E-state index is 6.31. The smallest absolute Gasteiger partial charge is 0.151 e. The number of fused-ring (bicyclic) bond motifs is 3. The van der Waals surface area contributed by atoms with E-state index in [-0.39, 0.29) is 0 Å². The molecule has 0 atom stereocenters. The number of benzene rings is 5. The summed E-state index contributed by atoms with van der Waals surface area (Å²) in [7, 11) is 1.70. The monoisotopic (exact) mass is 520 g/mol. The highest BCUT2D eigenvalue weighted by molar-refractivity contribution is 6.07. The normalized spacial score (nSPS) is 12.0. The van der Waals surface area contributed by atoms with Gasteiger partial charge in [0.05, 0.1) is 35.4 Å². The lowest BCUT2D eigenvalue weighted by atomic mass is 9.94. The van der Waals surface area contributed by atoms with Crippen LogP contribution in [-0.2, 0) is 0 Å². The highest BCUT2D eigenvalue weighted by atomic mass is 16.5. The number of aryl methyl sites for hydroxylation is 2. The SMILES string of the molecule is COc1ccc(-c2cc(-c3ccc(C)cc3)nc3c(N4c5ccccc5Oc5ccccc54)ccc(C)c23)cc1. The molecule has 0 N–H and O–H groups in total. The number of anilines is 3. The number of aromatic nitrogens is 1. The Bertz CT molecular complexity index is 1830. The molecule has 0 unspecified atom stereocenters. The summed E-state index contributed by atoms with van der Waals surface area (Å²) < 4.78 is 11.8. The highest BCUT2D eigenvalue weighted by Gasteiger charge is 2.28. The van der Waals surface area contributed by atoms with E-state index in [4.69, 9.17) is 14.5 Å². The minimum Gasteiger partial charge on any atom is -0.497 e. The number of hydrogen-bond acceptors (Lipinski definition) is 4. The van der Waals surface area contributed by atoms with E-state index in [0.29, 0.717) is 0 Å². The van der Waals surface area contributed by atoms with E-state index >= 15 is 0 Å². The van der Waals surface area contributed by atoms with E-state index in [2.05, 4.69) is 85.5 Å². The molecule has 1 aromatic heterocycles. The molecule has 0 fully saturated rings. The molecule has 0 amide bonds. The first-order chi connectivity index (χ1) is 19.6. The summed E-state index contributed by atoms with van der Waals surface area (Å²) in [6, 6.07) is 39.8. The molecule has 194 valence electrons. The topological polar surface area (TPSA) is 34.6 Å². The number of para-hydroxylation sites is 4. The molecule has 5 aromatic carbocycles. The average Bonchev–Trinajstić information content (AvgIpc) is 3.00. The molecule has 1 aliphatic rings. The first kappa shape index (κ1) is 24.0. The predicted octanol–water partition coefficient (Wildman–Crippen LogP) is 9.77. The van der Waals surface area contributed by atoms with Crippen LogP contribution in [0, 0.1) is 13.8 Å². The molecule has 0 saturated heterocycles. The van der Waals surface area contributed by atoms with Crippen molar-refractivity contribution < 1.29 is 9.47 Å². The van der Waals surface area contributed by atoms with Crippen molar-refractivity contribution in [3.05, 3.63) is 126 Å². The van der Waals surface area contributed by atoms with Gasteiger partial charge in [-0.3, -0.25) is 0 Å². The van der Waals surface area contributed by atoms with E-state index < -0.39 is 0 Å². The molecule has 0 aliphatic carbocycles. The molecule has 4 heteroatoms. The Morgan fingerprint density at radius 2 is 1.27 bits per heavy atom. The summed E-state index contributed by atoms with van der Waals surface area (Å²) >= 11 is 0. The molecule has 6 aromatic rings. The standard InChI is InChI=1S/C36H28N2O2/c1-23-12-15-26(16-13-23)29-22-28(25-17-19-27(39-3)20-18-25)35-24(2)14-21-32(36(35)37-29)38-30-8-4-6-10-33(30)40-34-11-7-5-9-31(34)38/h4-22H,1-3H3. The van der Waals surface area contributed by atoms with Crippen LogP contribution in [0.15, 0.2) is 115 Å². The predicted molar refractivity (Wildman–Crippen MR) is 163 cm³/mol. The zero-order valence-corrected chi connectivity index (χ0v) is 22.7. The van der Waals surface area contributed by atoms with Crippen LogP contribution >= 0.6 is 0 Å². The second-order valence-electron chi connectivity index (χ2n) is 10.1. The van der Waals surface area contributed by atoms with E-state index in [1.807, 2.05) is 48.5 Å². The van der Waals surface area contributed by atoms with Gasteiger partial charge in [-0.15, -0.1) is 0 Å². The third-order valence-electron chi connectivity index (χ3n) is 7.57. The lowest BCUT2D eigenvalue weighted by Gasteiger charge is -2.33. The van der Waals surface area contributed by atoms with Gasteiger partial charge in [-0.1, -0.05) is 72.3 Å². The maximum absolute atomic E-state index is 6.31. The average molecular weight is 521 g/mol. The summed E-state index contributed by atoms with van der Waals surface area (Å²) in [5.74, 6) is 2.47. The second-order valence-corrected chi connectivity index (χ2v) is 10.1. The summed E-state index contributed by atoms with van der Waals surface area (Å²) in [6.07, 6.45) is 0. The van der Waals surface area contributed by atoms with E-state index in [1.165, 1.54) is 11.1 Å². The van der Waals surface area contributed by atoms with Crippen LogP contribution < -0.4 is 14.4 Å². The van der Waals surface area contributed by atoms with Gasteiger partial charge < -0.3 is 14.4 Å². The van der Waals surface area contributed by atoms with Crippen molar-refractivity contribution in [2.75, 3.05) is 12.0 Å². The van der Waals surface area contributed by atoms with Gasteiger partial charge in [0, 0.05) is 10.9 Å². The molecule has 7 rings (SSSR count). The molecule has 40 heavy (non-hydrogen) atoms. The number of hydrogen-bond donors (Lipinski definition) is 0. The Kier molecular flexibility index (Phi) is 5.75. The van der Waals surface area contributed by atoms with Crippen LogP contribution in [0.4, 0.5) is 17.1 Å².